The zero-order chi connectivity index (χ0) is 8.27. The van der Waals surface area contributed by atoms with Gasteiger partial charge in [0.1, 0.15) is 11.6 Å². The maximum Gasteiger partial charge on any atom is 0.141 e. The van der Waals surface area contributed by atoms with E-state index in [9.17, 15) is 0 Å². The minimum atomic E-state index is 0.610. The summed E-state index contributed by atoms with van der Waals surface area (Å²) in [6.07, 6.45) is 1.84. The summed E-state index contributed by atoms with van der Waals surface area (Å²) in [4.78, 5) is 4.17. The molecule has 62 valence electrons. The van der Waals surface area contributed by atoms with Crippen LogP contribution in [0.2, 0.25) is 0 Å². The van der Waals surface area contributed by atoms with Crippen LogP contribution < -0.4 is 5.73 Å². The normalized spacial score (nSPS) is 10.4. The summed E-state index contributed by atoms with van der Waals surface area (Å²) in [6, 6.07) is 0. The van der Waals surface area contributed by atoms with Crippen molar-refractivity contribution in [1.82, 2.24) is 9.55 Å². The zero-order valence-corrected chi connectivity index (χ0v) is 7.69. The van der Waals surface area contributed by atoms with Gasteiger partial charge in [-0.2, -0.15) is 11.8 Å². The summed E-state index contributed by atoms with van der Waals surface area (Å²) in [5.41, 5.74) is 5.51. The highest BCUT2D eigenvalue weighted by atomic mass is 32.2. The van der Waals surface area contributed by atoms with Gasteiger partial charge in [0.2, 0.25) is 0 Å². The first-order valence-corrected chi connectivity index (χ1v) is 4.75. The fourth-order valence-electron chi connectivity index (χ4n) is 0.857. The Hall–Kier alpha value is -0.640. The highest BCUT2D eigenvalue weighted by Crippen LogP contribution is 2.11. The van der Waals surface area contributed by atoms with Crippen molar-refractivity contribution in [3.63, 3.8) is 0 Å². The molecule has 3 nitrogen and oxygen atoms in total. The highest BCUT2D eigenvalue weighted by molar-refractivity contribution is 7.98. The molecule has 2 N–H and O–H groups in total. The van der Waals surface area contributed by atoms with Gasteiger partial charge in [0.05, 0.1) is 5.75 Å². The number of hydrogen-bond acceptors (Lipinski definition) is 3. The van der Waals surface area contributed by atoms with Gasteiger partial charge in [-0.3, -0.25) is 0 Å². The van der Waals surface area contributed by atoms with Crippen molar-refractivity contribution in [2.24, 2.45) is 7.05 Å². The first kappa shape index (κ1) is 8.46. The Kier molecular flexibility index (Phi) is 2.82. The summed E-state index contributed by atoms with van der Waals surface area (Å²) in [7, 11) is 1.97. The fourth-order valence-corrected chi connectivity index (χ4v) is 1.51. The Morgan fingerprint density at radius 2 is 2.45 bits per heavy atom. The lowest BCUT2D eigenvalue weighted by molar-refractivity contribution is 0.849. The lowest BCUT2D eigenvalue weighted by Crippen LogP contribution is -1.94. The first-order chi connectivity index (χ1) is 5.24. The molecule has 1 rings (SSSR count). The van der Waals surface area contributed by atoms with Crippen molar-refractivity contribution >= 4 is 17.6 Å². The van der Waals surface area contributed by atoms with Gasteiger partial charge in [0.15, 0.2) is 0 Å². The molecule has 1 heterocycles. The average molecular weight is 171 g/mol. The van der Waals surface area contributed by atoms with Crippen LogP contribution in [0.1, 0.15) is 12.7 Å². The molecule has 0 aliphatic heterocycles. The molecule has 4 heteroatoms. The largest absolute Gasteiger partial charge is 0.382 e. The molecular weight excluding hydrogens is 158 g/mol. The van der Waals surface area contributed by atoms with Gasteiger partial charge in [-0.25, -0.2) is 4.98 Å². The molecule has 0 saturated heterocycles. The van der Waals surface area contributed by atoms with Crippen LogP contribution in [0, 0.1) is 0 Å². The molecule has 0 saturated carbocycles. The number of nitrogens with zero attached hydrogens (tertiary/aromatic N) is 2. The van der Waals surface area contributed by atoms with Crippen LogP contribution in [0.15, 0.2) is 6.20 Å². The predicted octanol–water partition coefficient (Wildman–Crippen LogP) is 1.26. The minimum absolute atomic E-state index is 0.610. The number of imidazole rings is 1. The summed E-state index contributed by atoms with van der Waals surface area (Å²) >= 11 is 1.85. The fraction of sp³-hybridized carbons (Fsp3) is 0.571. The van der Waals surface area contributed by atoms with Crippen molar-refractivity contribution in [2.45, 2.75) is 12.7 Å². The lowest BCUT2D eigenvalue weighted by atomic mass is 10.7. The third-order valence-electron chi connectivity index (χ3n) is 1.43. The van der Waals surface area contributed by atoms with Gasteiger partial charge in [0, 0.05) is 13.2 Å². The van der Waals surface area contributed by atoms with E-state index >= 15 is 0 Å². The van der Waals surface area contributed by atoms with Crippen LogP contribution in [-0.4, -0.2) is 15.3 Å². The maximum atomic E-state index is 5.51. The second kappa shape index (κ2) is 3.67. The number of thioether (sulfide) groups is 1. The van der Waals surface area contributed by atoms with Gasteiger partial charge >= 0.3 is 0 Å². The first-order valence-electron chi connectivity index (χ1n) is 3.59. The predicted molar refractivity (Wildman–Crippen MR) is 49.5 cm³/mol. The third kappa shape index (κ3) is 2.15. The van der Waals surface area contributed by atoms with E-state index in [0.717, 1.165) is 17.3 Å². The van der Waals surface area contributed by atoms with E-state index in [1.807, 2.05) is 29.6 Å². The highest BCUT2D eigenvalue weighted by Gasteiger charge is 2.00. The van der Waals surface area contributed by atoms with E-state index in [1.54, 1.807) is 0 Å². The number of hydrogen-bond donors (Lipinski definition) is 1. The molecular formula is C7H13N3S. The number of nitrogen functional groups attached to an aromatic ring is 1. The molecule has 0 amide bonds. The molecule has 0 atom stereocenters. The molecule has 1 aromatic rings. The molecule has 0 bridgehead atoms. The standard InChI is InChI=1S/C7H13N3S/c1-3-11-5-7-9-6(8)4-10(7)2/h4H,3,5,8H2,1-2H3. The molecule has 0 radical (unpaired) electrons. The van der Waals surface area contributed by atoms with Crippen LogP contribution >= 0.6 is 11.8 Å². The van der Waals surface area contributed by atoms with E-state index in [-0.39, 0.29) is 0 Å². The Bertz CT molecular complexity index is 232. The van der Waals surface area contributed by atoms with Gasteiger partial charge in [-0.1, -0.05) is 6.92 Å². The van der Waals surface area contributed by atoms with E-state index in [1.165, 1.54) is 0 Å². The van der Waals surface area contributed by atoms with Crippen LogP contribution in [0.4, 0.5) is 5.82 Å². The van der Waals surface area contributed by atoms with Crippen LogP contribution in [-0.2, 0) is 12.8 Å². The van der Waals surface area contributed by atoms with E-state index in [0.29, 0.717) is 5.82 Å². The molecule has 0 spiro atoms. The quantitative estimate of drug-likeness (QED) is 0.744. The number of aromatic nitrogens is 2. The number of aryl methyl sites for hydroxylation is 1. The van der Waals surface area contributed by atoms with Gasteiger partial charge in [-0.05, 0) is 5.75 Å². The number of rotatable bonds is 3. The topological polar surface area (TPSA) is 43.8 Å². The van der Waals surface area contributed by atoms with Crippen molar-refractivity contribution < 1.29 is 0 Å². The Morgan fingerprint density at radius 1 is 1.73 bits per heavy atom. The summed E-state index contributed by atoms with van der Waals surface area (Å²) < 4.78 is 1.97. The minimum Gasteiger partial charge on any atom is -0.382 e. The van der Waals surface area contributed by atoms with E-state index < -0.39 is 0 Å². The Morgan fingerprint density at radius 3 is 2.91 bits per heavy atom. The third-order valence-corrected chi connectivity index (χ3v) is 2.30. The average Bonchev–Trinajstić information content (AvgIpc) is 2.26. The number of anilines is 1. The molecule has 0 aliphatic carbocycles. The maximum absolute atomic E-state index is 5.51. The smallest absolute Gasteiger partial charge is 0.141 e. The number of nitrogens with two attached hydrogens (primary N) is 1. The second-order valence-corrected chi connectivity index (χ2v) is 3.60. The van der Waals surface area contributed by atoms with Crippen molar-refractivity contribution in [3.05, 3.63) is 12.0 Å². The Labute approximate surface area is 71.0 Å². The molecule has 0 fully saturated rings. The molecule has 0 aliphatic rings. The van der Waals surface area contributed by atoms with E-state index in [4.69, 9.17) is 5.73 Å². The van der Waals surface area contributed by atoms with E-state index in [2.05, 4.69) is 11.9 Å². The monoisotopic (exact) mass is 171 g/mol. The Balaban J connectivity index is 2.62. The van der Waals surface area contributed by atoms with Gasteiger partial charge in [-0.15, -0.1) is 0 Å². The zero-order valence-electron chi connectivity index (χ0n) is 6.87. The summed E-state index contributed by atoms with van der Waals surface area (Å²) in [5.74, 6) is 3.73. The second-order valence-electron chi connectivity index (χ2n) is 2.33. The van der Waals surface area contributed by atoms with Crippen LogP contribution in [0.5, 0.6) is 0 Å². The molecule has 0 aromatic carbocycles. The van der Waals surface area contributed by atoms with Crippen LogP contribution in [0.25, 0.3) is 0 Å². The summed E-state index contributed by atoms with van der Waals surface area (Å²) in [5, 5.41) is 0. The van der Waals surface area contributed by atoms with Crippen molar-refractivity contribution in [2.75, 3.05) is 11.5 Å². The van der Waals surface area contributed by atoms with Gasteiger partial charge < -0.3 is 10.3 Å². The molecule has 1 aromatic heterocycles. The van der Waals surface area contributed by atoms with Gasteiger partial charge in [0.25, 0.3) is 0 Å². The summed E-state index contributed by atoms with van der Waals surface area (Å²) in [6.45, 7) is 2.14. The SMILES string of the molecule is CCSCc1nc(N)cn1C. The molecule has 11 heavy (non-hydrogen) atoms. The molecule has 0 unspecified atom stereocenters. The van der Waals surface area contributed by atoms with Crippen LogP contribution in [0.3, 0.4) is 0 Å². The lowest BCUT2D eigenvalue weighted by Gasteiger charge is -1.97. The van der Waals surface area contributed by atoms with Crippen molar-refractivity contribution in [3.8, 4) is 0 Å². The van der Waals surface area contributed by atoms with Crippen molar-refractivity contribution in [1.29, 1.82) is 0 Å².